The molecule has 70 heavy (non-hydrogen) atoms. The van der Waals surface area contributed by atoms with Gasteiger partial charge in [0, 0.05) is 61.1 Å². The molecule has 0 saturated heterocycles. The molecule has 0 fully saturated rings. The Balaban J connectivity index is 0.000000185. The predicted octanol–water partition coefficient (Wildman–Crippen LogP) is 12.4. The Hall–Kier alpha value is -8.05. The number of nitrogens with zero attached hydrogens (tertiary/aromatic N) is 9. The van der Waals surface area contributed by atoms with E-state index in [1.807, 2.05) is 147 Å². The Morgan fingerprint density at radius 1 is 0.471 bits per heavy atom. The number of benzene rings is 3. The van der Waals surface area contributed by atoms with Crippen LogP contribution in [0.4, 0.5) is 34.1 Å². The smallest absolute Gasteiger partial charge is 0.373 e. The lowest BCUT2D eigenvalue weighted by Crippen LogP contribution is -2.25. The van der Waals surface area contributed by atoms with Crippen LogP contribution in [0, 0.1) is 20.8 Å². The minimum Gasteiger partial charge on any atom is -0.507 e. The maximum absolute atomic E-state index is 10.2. The van der Waals surface area contributed by atoms with E-state index < -0.39 is 0 Å². The van der Waals surface area contributed by atoms with Gasteiger partial charge in [-0.3, -0.25) is 0 Å². The van der Waals surface area contributed by atoms with Gasteiger partial charge in [0.1, 0.15) is 61.1 Å². The second kappa shape index (κ2) is 25.4. The summed E-state index contributed by atoms with van der Waals surface area (Å²) in [5.41, 5.74) is 6.95. The number of azo groups is 3. The Kier molecular flexibility index (Phi) is 19.2. The molecule has 19 heteroatoms. The van der Waals surface area contributed by atoms with Gasteiger partial charge >= 0.3 is 12.3 Å². The molecular formula is C51H50N9O7S3+3. The zero-order valence-corrected chi connectivity index (χ0v) is 42.1. The van der Waals surface area contributed by atoms with Crippen LogP contribution in [-0.4, -0.2) is 27.6 Å². The molecule has 16 nitrogen and oxygen atoms in total. The fourth-order valence-corrected chi connectivity index (χ4v) is 9.87. The van der Waals surface area contributed by atoms with Crippen molar-refractivity contribution >= 4 is 111 Å². The summed E-state index contributed by atoms with van der Waals surface area (Å²) in [5.74, 6) is 0.929. The van der Waals surface area contributed by atoms with E-state index in [-0.39, 0.29) is 18.1 Å². The molecule has 0 saturated carbocycles. The van der Waals surface area contributed by atoms with Crippen LogP contribution in [0.25, 0.3) is 30.3 Å². The number of pyridine rings is 3. The number of hydrogen-bond acceptors (Lipinski definition) is 16. The molecule has 0 amide bonds. The van der Waals surface area contributed by atoms with Crippen LogP contribution < -0.4 is 13.7 Å². The van der Waals surface area contributed by atoms with E-state index in [1.165, 1.54) is 0 Å². The van der Waals surface area contributed by atoms with E-state index in [9.17, 15) is 15.3 Å². The summed E-state index contributed by atoms with van der Waals surface area (Å²) in [5, 5.41) is 59.0. The molecule has 356 valence electrons. The summed E-state index contributed by atoms with van der Waals surface area (Å²) in [4.78, 5) is 36.0. The van der Waals surface area contributed by atoms with Gasteiger partial charge in [-0.25, -0.2) is 13.7 Å². The van der Waals surface area contributed by atoms with E-state index in [0.717, 1.165) is 103 Å². The molecule has 9 rings (SSSR count). The average molecular weight is 997 g/mol. The standard InChI is InChI=1S/2C17H17N3OS.C15H13N3OS.2CO2/c1-4-12-10-15(21)14-9-11(2)22-17(14)16(12)19-18-13-5-7-20(3)8-6-13;1-4-12-9-15(21)14-8-11(2)22-17(14)16(12)19-18-13-6-5-7-20(3)10-13;1-10-9-12-14(19)4-3-13(15(12)20-10)17-16-11-5-7-18(2)8-6-11;2*2-1-3/h2*5-10H,4H2,1-3H3;3-9H,1-2H3;;/p+3. The lowest BCUT2D eigenvalue weighted by atomic mass is 10.1. The van der Waals surface area contributed by atoms with Crippen molar-refractivity contribution in [2.75, 3.05) is 0 Å². The molecule has 3 N–H and O–H groups in total. The van der Waals surface area contributed by atoms with E-state index in [2.05, 4.69) is 44.5 Å². The van der Waals surface area contributed by atoms with Gasteiger partial charge < -0.3 is 15.3 Å². The van der Waals surface area contributed by atoms with Crippen LogP contribution in [-0.2, 0) is 53.2 Å². The minimum absolute atomic E-state index is 0.250. The molecule has 3 aromatic carbocycles. The first-order valence-electron chi connectivity index (χ1n) is 21.4. The molecule has 9 aromatic rings. The third-order valence-corrected chi connectivity index (χ3v) is 13.3. The van der Waals surface area contributed by atoms with Crippen LogP contribution in [0.3, 0.4) is 0 Å². The van der Waals surface area contributed by atoms with Crippen LogP contribution in [0.5, 0.6) is 17.2 Å². The van der Waals surface area contributed by atoms with Crippen molar-refractivity contribution in [1.82, 2.24) is 0 Å². The zero-order valence-electron chi connectivity index (χ0n) is 39.6. The number of fused-ring (bicyclic) bond motifs is 3. The molecule has 0 aliphatic rings. The highest BCUT2D eigenvalue weighted by molar-refractivity contribution is 7.20. The predicted molar refractivity (Wildman–Crippen MR) is 269 cm³/mol. The highest BCUT2D eigenvalue weighted by atomic mass is 32.1. The van der Waals surface area contributed by atoms with Crippen LogP contribution >= 0.6 is 34.0 Å². The first-order chi connectivity index (χ1) is 33.6. The highest BCUT2D eigenvalue weighted by Gasteiger charge is 2.15. The fourth-order valence-electron chi connectivity index (χ4n) is 6.81. The largest absolute Gasteiger partial charge is 0.507 e. The van der Waals surface area contributed by atoms with E-state index >= 15 is 0 Å². The molecule has 0 aliphatic heterocycles. The third kappa shape index (κ3) is 14.0. The monoisotopic (exact) mass is 996 g/mol. The summed E-state index contributed by atoms with van der Waals surface area (Å²) < 4.78 is 8.81. The van der Waals surface area contributed by atoms with Crippen LogP contribution in [0.1, 0.15) is 39.6 Å². The van der Waals surface area contributed by atoms with E-state index in [0.29, 0.717) is 11.5 Å². The van der Waals surface area contributed by atoms with Crippen molar-refractivity contribution in [2.24, 2.45) is 51.8 Å². The Bertz CT molecular complexity index is 3390. The summed E-state index contributed by atoms with van der Waals surface area (Å²) in [7, 11) is 5.88. The number of aromatic hydroxyl groups is 3. The number of carbonyl (C=O) groups excluding carboxylic acids is 4. The molecule has 0 unspecified atom stereocenters. The van der Waals surface area contributed by atoms with Crippen LogP contribution in [0.2, 0.25) is 0 Å². The van der Waals surface area contributed by atoms with E-state index in [1.54, 1.807) is 58.3 Å². The number of phenolic OH excluding ortho intramolecular Hbond substituents is 3. The maximum Gasteiger partial charge on any atom is 0.373 e. The lowest BCUT2D eigenvalue weighted by molar-refractivity contribution is -0.671. The second-order valence-electron chi connectivity index (χ2n) is 15.4. The molecule has 0 bridgehead atoms. The number of rotatable bonds is 8. The second-order valence-corrected chi connectivity index (χ2v) is 19.1. The summed E-state index contributed by atoms with van der Waals surface area (Å²) in [6.45, 7) is 10.2. The van der Waals surface area contributed by atoms with Gasteiger partial charge in [-0.15, -0.1) is 54.5 Å². The Labute approximate surface area is 415 Å². The van der Waals surface area contributed by atoms with Gasteiger partial charge in [-0.1, -0.05) is 13.8 Å². The maximum atomic E-state index is 10.2. The van der Waals surface area contributed by atoms with Crippen molar-refractivity contribution in [3.05, 3.63) is 142 Å². The molecule has 6 aromatic heterocycles. The number of aryl methyl sites for hydroxylation is 8. The number of thiophene rings is 3. The third-order valence-electron chi connectivity index (χ3n) is 10.1. The van der Waals surface area contributed by atoms with Gasteiger partial charge in [0.25, 0.3) is 0 Å². The first kappa shape index (κ1) is 52.9. The number of aromatic nitrogens is 3. The van der Waals surface area contributed by atoms with Crippen molar-refractivity contribution in [3.8, 4) is 17.2 Å². The van der Waals surface area contributed by atoms with Crippen molar-refractivity contribution in [1.29, 1.82) is 0 Å². The minimum atomic E-state index is 0.250. The van der Waals surface area contributed by atoms with Crippen LogP contribution in [0.15, 0.2) is 147 Å². The molecule has 6 heterocycles. The van der Waals surface area contributed by atoms with Gasteiger partial charge in [0.2, 0.25) is 0 Å². The molecule has 0 spiro atoms. The molecular weight excluding hydrogens is 947 g/mol. The fraction of sp³-hybridized carbons (Fsp3) is 0.196. The lowest BCUT2D eigenvalue weighted by Gasteiger charge is -2.05. The van der Waals surface area contributed by atoms with Crippen molar-refractivity contribution in [2.45, 2.75) is 47.5 Å². The molecule has 0 aliphatic carbocycles. The number of phenols is 3. The topological polar surface area (TPSA) is 215 Å². The Morgan fingerprint density at radius 2 is 0.871 bits per heavy atom. The summed E-state index contributed by atoms with van der Waals surface area (Å²) in [6.07, 6.45) is 13.7. The van der Waals surface area contributed by atoms with Gasteiger partial charge in [-0.05, 0) is 93.3 Å². The average Bonchev–Trinajstić information content (AvgIpc) is 4.06. The Morgan fingerprint density at radius 3 is 1.30 bits per heavy atom. The zero-order chi connectivity index (χ0) is 50.9. The quantitative estimate of drug-likeness (QED) is 0.0988. The summed E-state index contributed by atoms with van der Waals surface area (Å²) in [6, 6.07) is 24.5. The van der Waals surface area contributed by atoms with Gasteiger partial charge in [-0.2, -0.15) is 29.4 Å². The first-order valence-corrected chi connectivity index (χ1v) is 23.9. The van der Waals surface area contributed by atoms with Gasteiger partial charge in [0.05, 0.1) is 25.5 Å². The van der Waals surface area contributed by atoms with Crippen molar-refractivity contribution < 1.29 is 48.2 Å². The van der Waals surface area contributed by atoms with Crippen molar-refractivity contribution in [3.63, 3.8) is 0 Å². The summed E-state index contributed by atoms with van der Waals surface area (Å²) >= 11 is 4.90. The van der Waals surface area contributed by atoms with E-state index in [4.69, 9.17) is 19.2 Å². The molecule has 0 radical (unpaired) electrons. The SMILES string of the molecule is CCc1cc(O)c2cc(C)sc2c1N=Nc1cc[n+](C)cc1.CCc1cc(O)c2cc(C)sc2c1N=Nc1ccc[n+](C)c1.Cc1cc2c(O)ccc(N=Nc3cc[n+](C)cc3)c2s1.O=C=O.O=C=O. The van der Waals surface area contributed by atoms with Gasteiger partial charge in [0.15, 0.2) is 37.2 Å². The highest BCUT2D eigenvalue weighted by Crippen LogP contribution is 2.44. The molecule has 0 atom stereocenters. The number of hydrogen-bond donors (Lipinski definition) is 3. The normalized spacial score (nSPS) is 10.8.